The van der Waals surface area contributed by atoms with Crippen molar-refractivity contribution < 1.29 is 4.74 Å². The lowest BCUT2D eigenvalue weighted by Crippen LogP contribution is -2.38. The number of aromatic nitrogens is 3. The molecule has 5 nitrogen and oxygen atoms in total. The van der Waals surface area contributed by atoms with Crippen molar-refractivity contribution in [3.05, 3.63) is 34.0 Å². The molecule has 108 valence electrons. The molecule has 2 aromatic heterocycles. The Kier molecular flexibility index (Phi) is 4.14. The molecule has 0 saturated carbocycles. The number of hydrogen-bond acceptors (Lipinski definition) is 5. The first-order valence-corrected chi connectivity index (χ1v) is 7.85. The Morgan fingerprint density at radius 3 is 3.10 bits per heavy atom. The lowest BCUT2D eigenvalue weighted by molar-refractivity contribution is -0.0385. The van der Waals surface area contributed by atoms with Gasteiger partial charge in [-0.05, 0) is 26.0 Å². The molecule has 1 fully saturated rings. The highest BCUT2D eigenvalue weighted by Gasteiger charge is 2.26. The average molecular weight is 292 g/mol. The fraction of sp³-hybridized carbons (Fsp3) is 0.571. The van der Waals surface area contributed by atoms with Crippen molar-refractivity contribution in [1.29, 1.82) is 0 Å². The Labute approximate surface area is 123 Å². The Hall–Kier alpha value is -1.24. The smallest absolute Gasteiger partial charge is 0.163 e. The van der Waals surface area contributed by atoms with E-state index in [2.05, 4.69) is 45.6 Å². The van der Waals surface area contributed by atoms with Crippen LogP contribution in [0.25, 0.3) is 0 Å². The lowest BCUT2D eigenvalue weighted by atomic mass is 10.2. The maximum atomic E-state index is 5.88. The Bertz CT molecular complexity index is 565. The minimum absolute atomic E-state index is 0.0345. The van der Waals surface area contributed by atoms with E-state index in [0.29, 0.717) is 0 Å². The third-order valence-corrected chi connectivity index (χ3v) is 4.59. The molecule has 0 aromatic carbocycles. The summed E-state index contributed by atoms with van der Waals surface area (Å²) in [7, 11) is 0. The first-order chi connectivity index (χ1) is 9.76. The Morgan fingerprint density at radius 1 is 1.45 bits per heavy atom. The zero-order chi connectivity index (χ0) is 13.9. The highest BCUT2D eigenvalue weighted by atomic mass is 32.1. The SMILES string of the molecule is CCn1cnnc1[C@H]1CN(Cc2ccc(C)s2)CCO1. The molecule has 6 heteroatoms. The summed E-state index contributed by atoms with van der Waals surface area (Å²) in [5, 5.41) is 8.22. The van der Waals surface area contributed by atoms with E-state index in [0.717, 1.165) is 38.6 Å². The molecule has 1 atom stereocenters. The molecular weight excluding hydrogens is 272 g/mol. The number of nitrogens with zero attached hydrogens (tertiary/aromatic N) is 4. The molecule has 3 heterocycles. The summed E-state index contributed by atoms with van der Waals surface area (Å²) in [5.74, 6) is 0.944. The fourth-order valence-corrected chi connectivity index (χ4v) is 3.48. The van der Waals surface area contributed by atoms with E-state index in [1.165, 1.54) is 9.75 Å². The molecule has 1 saturated heterocycles. The van der Waals surface area contributed by atoms with Crippen molar-refractivity contribution in [2.75, 3.05) is 19.7 Å². The zero-order valence-corrected chi connectivity index (χ0v) is 12.8. The predicted molar refractivity (Wildman–Crippen MR) is 78.7 cm³/mol. The van der Waals surface area contributed by atoms with Gasteiger partial charge in [-0.3, -0.25) is 4.90 Å². The van der Waals surface area contributed by atoms with E-state index in [1.54, 1.807) is 6.33 Å². The highest BCUT2D eigenvalue weighted by molar-refractivity contribution is 7.11. The van der Waals surface area contributed by atoms with Crippen molar-refractivity contribution >= 4 is 11.3 Å². The van der Waals surface area contributed by atoms with Gasteiger partial charge in [0.25, 0.3) is 0 Å². The van der Waals surface area contributed by atoms with Crippen molar-refractivity contribution in [3.63, 3.8) is 0 Å². The zero-order valence-electron chi connectivity index (χ0n) is 12.0. The van der Waals surface area contributed by atoms with Gasteiger partial charge in [0.2, 0.25) is 0 Å². The number of hydrogen-bond donors (Lipinski definition) is 0. The standard InChI is InChI=1S/C14H20N4OS/c1-3-18-10-15-16-14(18)13-9-17(6-7-19-13)8-12-5-4-11(2)20-12/h4-5,10,13H,3,6-9H2,1-2H3/t13-/m1/s1. The maximum absolute atomic E-state index is 5.88. The summed E-state index contributed by atoms with van der Waals surface area (Å²) < 4.78 is 7.94. The molecule has 3 rings (SSSR count). The van der Waals surface area contributed by atoms with Gasteiger partial charge in [-0.15, -0.1) is 21.5 Å². The molecule has 2 aromatic rings. The summed E-state index contributed by atoms with van der Waals surface area (Å²) in [4.78, 5) is 5.23. The van der Waals surface area contributed by atoms with Gasteiger partial charge in [-0.1, -0.05) is 0 Å². The normalized spacial score (nSPS) is 20.4. The van der Waals surface area contributed by atoms with Crippen LogP contribution < -0.4 is 0 Å². The van der Waals surface area contributed by atoms with E-state index in [-0.39, 0.29) is 6.10 Å². The van der Waals surface area contributed by atoms with Gasteiger partial charge >= 0.3 is 0 Å². The molecule has 0 N–H and O–H groups in total. The van der Waals surface area contributed by atoms with Crippen LogP contribution in [0.15, 0.2) is 18.5 Å². The summed E-state index contributed by atoms with van der Waals surface area (Å²) in [5.41, 5.74) is 0. The minimum Gasteiger partial charge on any atom is -0.368 e. The highest BCUT2D eigenvalue weighted by Crippen LogP contribution is 2.23. The van der Waals surface area contributed by atoms with Crippen LogP contribution in [0.1, 0.15) is 28.6 Å². The largest absolute Gasteiger partial charge is 0.368 e. The van der Waals surface area contributed by atoms with Gasteiger partial charge in [0.15, 0.2) is 5.82 Å². The van der Waals surface area contributed by atoms with E-state index >= 15 is 0 Å². The molecule has 0 spiro atoms. The van der Waals surface area contributed by atoms with Gasteiger partial charge < -0.3 is 9.30 Å². The topological polar surface area (TPSA) is 43.2 Å². The maximum Gasteiger partial charge on any atom is 0.163 e. The number of ether oxygens (including phenoxy) is 1. The van der Waals surface area contributed by atoms with Gasteiger partial charge in [0.05, 0.1) is 6.61 Å². The van der Waals surface area contributed by atoms with Crippen LogP contribution in [-0.2, 0) is 17.8 Å². The minimum atomic E-state index is 0.0345. The molecule has 0 amide bonds. The summed E-state index contributed by atoms with van der Waals surface area (Å²) in [6, 6.07) is 4.41. The third-order valence-electron chi connectivity index (χ3n) is 3.60. The van der Waals surface area contributed by atoms with Crippen molar-refractivity contribution in [3.8, 4) is 0 Å². The third kappa shape index (κ3) is 2.92. The van der Waals surface area contributed by atoms with Gasteiger partial charge in [-0.25, -0.2) is 0 Å². The molecule has 0 aliphatic carbocycles. The first-order valence-electron chi connectivity index (χ1n) is 7.03. The predicted octanol–water partition coefficient (Wildman–Crippen LogP) is 2.24. The lowest BCUT2D eigenvalue weighted by Gasteiger charge is -2.32. The first kappa shape index (κ1) is 13.7. The molecule has 1 aliphatic heterocycles. The average Bonchev–Trinajstić information content (AvgIpc) is 3.08. The van der Waals surface area contributed by atoms with Crippen molar-refractivity contribution in [1.82, 2.24) is 19.7 Å². The van der Waals surface area contributed by atoms with E-state index in [9.17, 15) is 0 Å². The van der Waals surface area contributed by atoms with Crippen molar-refractivity contribution in [2.24, 2.45) is 0 Å². The quantitative estimate of drug-likeness (QED) is 0.867. The second kappa shape index (κ2) is 6.03. The van der Waals surface area contributed by atoms with Crippen LogP contribution >= 0.6 is 11.3 Å². The van der Waals surface area contributed by atoms with Crippen LogP contribution in [0.2, 0.25) is 0 Å². The van der Waals surface area contributed by atoms with Crippen LogP contribution in [0, 0.1) is 6.92 Å². The number of morpholine rings is 1. The molecule has 1 aliphatic rings. The van der Waals surface area contributed by atoms with E-state index in [1.807, 2.05) is 11.3 Å². The van der Waals surface area contributed by atoms with Crippen LogP contribution in [0.5, 0.6) is 0 Å². The second-order valence-corrected chi connectivity index (χ2v) is 6.45. The fourth-order valence-electron chi connectivity index (χ4n) is 2.55. The second-order valence-electron chi connectivity index (χ2n) is 5.08. The van der Waals surface area contributed by atoms with Crippen molar-refractivity contribution in [2.45, 2.75) is 33.0 Å². The molecule has 0 unspecified atom stereocenters. The number of rotatable bonds is 4. The number of thiophene rings is 1. The Balaban J connectivity index is 1.67. The van der Waals surface area contributed by atoms with E-state index in [4.69, 9.17) is 4.74 Å². The monoisotopic (exact) mass is 292 g/mol. The summed E-state index contributed by atoms with van der Waals surface area (Å²) >= 11 is 1.87. The molecular formula is C14H20N4OS. The molecule has 0 bridgehead atoms. The summed E-state index contributed by atoms with van der Waals surface area (Å²) in [6.45, 7) is 8.75. The van der Waals surface area contributed by atoms with Crippen LogP contribution in [-0.4, -0.2) is 39.4 Å². The summed E-state index contributed by atoms with van der Waals surface area (Å²) in [6.07, 6.45) is 1.81. The van der Waals surface area contributed by atoms with Gasteiger partial charge in [0.1, 0.15) is 12.4 Å². The van der Waals surface area contributed by atoms with Crippen LogP contribution in [0.4, 0.5) is 0 Å². The Morgan fingerprint density at radius 2 is 2.35 bits per heavy atom. The van der Waals surface area contributed by atoms with Gasteiger partial charge in [-0.2, -0.15) is 0 Å². The molecule has 20 heavy (non-hydrogen) atoms. The van der Waals surface area contributed by atoms with E-state index < -0.39 is 0 Å². The van der Waals surface area contributed by atoms with Gasteiger partial charge in [0, 0.05) is 35.9 Å². The molecule has 0 radical (unpaired) electrons. The number of aryl methyl sites for hydroxylation is 2. The van der Waals surface area contributed by atoms with Crippen LogP contribution in [0.3, 0.4) is 0 Å².